The van der Waals surface area contributed by atoms with Crippen molar-refractivity contribution in [2.45, 2.75) is 69.9 Å². The molecule has 0 unspecified atom stereocenters. The van der Waals surface area contributed by atoms with E-state index in [1.54, 1.807) is 0 Å². The third-order valence-corrected chi connectivity index (χ3v) is 2.97. The monoisotopic (exact) mass is 185 g/mol. The van der Waals surface area contributed by atoms with Crippen molar-refractivity contribution in [2.75, 3.05) is 0 Å². The lowest BCUT2D eigenvalue weighted by Gasteiger charge is -2.15. The molecule has 2 saturated carbocycles. The van der Waals surface area contributed by atoms with E-state index in [4.69, 9.17) is 10.8 Å². The van der Waals surface area contributed by atoms with Crippen LogP contribution in [0.5, 0.6) is 0 Å². The summed E-state index contributed by atoms with van der Waals surface area (Å²) in [6, 6.07) is 0.536. The predicted molar refractivity (Wildman–Crippen MR) is 55.5 cm³/mol. The van der Waals surface area contributed by atoms with Crippen molar-refractivity contribution in [3.8, 4) is 0 Å². The van der Waals surface area contributed by atoms with Crippen LogP contribution >= 0.6 is 0 Å². The third-order valence-electron chi connectivity index (χ3n) is 2.97. The number of hydrogen-bond acceptors (Lipinski definition) is 2. The van der Waals surface area contributed by atoms with Crippen molar-refractivity contribution in [1.82, 2.24) is 0 Å². The molecular formula is C11H23NO. The molecule has 2 aliphatic carbocycles. The van der Waals surface area contributed by atoms with Gasteiger partial charge in [-0.15, -0.1) is 0 Å². The van der Waals surface area contributed by atoms with Crippen molar-refractivity contribution in [2.24, 2.45) is 5.73 Å². The quantitative estimate of drug-likeness (QED) is 0.607. The van der Waals surface area contributed by atoms with Crippen LogP contribution in [0.25, 0.3) is 0 Å². The van der Waals surface area contributed by atoms with Gasteiger partial charge in [0.2, 0.25) is 0 Å². The van der Waals surface area contributed by atoms with Crippen LogP contribution in [0.15, 0.2) is 0 Å². The van der Waals surface area contributed by atoms with Gasteiger partial charge < -0.3 is 10.8 Å². The van der Waals surface area contributed by atoms with E-state index in [0.29, 0.717) is 6.04 Å². The van der Waals surface area contributed by atoms with Gasteiger partial charge in [-0.05, 0) is 25.7 Å². The molecule has 0 heterocycles. The maximum absolute atomic E-state index is 8.73. The molecule has 0 atom stereocenters. The fourth-order valence-corrected chi connectivity index (χ4v) is 2.04. The van der Waals surface area contributed by atoms with Crippen molar-refractivity contribution in [3.63, 3.8) is 0 Å². The topological polar surface area (TPSA) is 46.2 Å². The normalized spacial score (nSPS) is 25.4. The summed E-state index contributed by atoms with van der Waals surface area (Å²) in [6.45, 7) is 0. The highest BCUT2D eigenvalue weighted by molar-refractivity contribution is 4.66. The fourth-order valence-electron chi connectivity index (χ4n) is 2.04. The lowest BCUT2D eigenvalue weighted by atomic mass is 9.97. The summed E-state index contributed by atoms with van der Waals surface area (Å²) in [5, 5.41) is 8.73. The van der Waals surface area contributed by atoms with Crippen molar-refractivity contribution < 1.29 is 5.11 Å². The molecule has 13 heavy (non-hydrogen) atoms. The summed E-state index contributed by atoms with van der Waals surface area (Å²) in [6.07, 6.45) is 11.3. The average molecular weight is 185 g/mol. The zero-order valence-corrected chi connectivity index (χ0v) is 8.54. The second-order valence-corrected chi connectivity index (χ2v) is 4.34. The molecule has 2 fully saturated rings. The molecule has 0 radical (unpaired) electrons. The van der Waals surface area contributed by atoms with Crippen LogP contribution in [0, 0.1) is 0 Å². The molecule has 2 aliphatic rings. The Morgan fingerprint density at radius 2 is 1.23 bits per heavy atom. The van der Waals surface area contributed by atoms with Gasteiger partial charge in [0, 0.05) is 6.04 Å². The Kier molecular flexibility index (Phi) is 5.40. The van der Waals surface area contributed by atoms with Gasteiger partial charge in [-0.1, -0.05) is 32.1 Å². The lowest BCUT2D eigenvalue weighted by molar-refractivity contribution is 0.183. The molecule has 0 aromatic rings. The van der Waals surface area contributed by atoms with Crippen LogP contribution in [0.2, 0.25) is 0 Å². The SMILES string of the molecule is NC1CCCCC1.OC1CCCC1. The zero-order valence-electron chi connectivity index (χ0n) is 8.54. The minimum absolute atomic E-state index is 0.0463. The van der Waals surface area contributed by atoms with Crippen LogP contribution in [0.4, 0.5) is 0 Å². The summed E-state index contributed by atoms with van der Waals surface area (Å²) >= 11 is 0. The summed E-state index contributed by atoms with van der Waals surface area (Å²) < 4.78 is 0. The molecular weight excluding hydrogens is 162 g/mol. The Morgan fingerprint density at radius 1 is 0.769 bits per heavy atom. The van der Waals surface area contributed by atoms with Gasteiger partial charge in [-0.2, -0.15) is 0 Å². The summed E-state index contributed by atoms with van der Waals surface area (Å²) in [4.78, 5) is 0. The first-order chi connectivity index (χ1) is 6.29. The van der Waals surface area contributed by atoms with Crippen LogP contribution in [-0.4, -0.2) is 17.3 Å². The van der Waals surface area contributed by atoms with E-state index in [0.717, 1.165) is 12.8 Å². The Bertz CT molecular complexity index is 115. The number of hydrogen-bond donors (Lipinski definition) is 2. The van der Waals surface area contributed by atoms with Gasteiger partial charge in [0.05, 0.1) is 6.10 Å². The van der Waals surface area contributed by atoms with Gasteiger partial charge in [0.1, 0.15) is 0 Å². The van der Waals surface area contributed by atoms with Crippen LogP contribution in [0.3, 0.4) is 0 Å². The highest BCUT2D eigenvalue weighted by Crippen LogP contribution is 2.16. The van der Waals surface area contributed by atoms with Gasteiger partial charge >= 0.3 is 0 Å². The lowest BCUT2D eigenvalue weighted by Crippen LogP contribution is -2.22. The molecule has 0 saturated heterocycles. The number of aliphatic hydroxyl groups excluding tert-OH is 1. The standard InChI is InChI=1S/C6H13N.C5H10O/c7-6-4-2-1-3-5-6;6-5-3-1-2-4-5/h6H,1-5,7H2;5-6H,1-4H2. The first-order valence-corrected chi connectivity index (χ1v) is 5.72. The smallest absolute Gasteiger partial charge is 0.0540 e. The molecule has 2 heteroatoms. The van der Waals surface area contributed by atoms with Gasteiger partial charge in [-0.3, -0.25) is 0 Å². The van der Waals surface area contributed by atoms with E-state index in [-0.39, 0.29) is 6.10 Å². The Hall–Kier alpha value is -0.0800. The van der Waals surface area contributed by atoms with E-state index in [2.05, 4.69) is 0 Å². The number of aliphatic hydroxyl groups is 1. The number of rotatable bonds is 0. The summed E-state index contributed by atoms with van der Waals surface area (Å²) in [5.74, 6) is 0. The van der Waals surface area contributed by atoms with Gasteiger partial charge in [0.15, 0.2) is 0 Å². The van der Waals surface area contributed by atoms with E-state index < -0.39 is 0 Å². The van der Waals surface area contributed by atoms with E-state index >= 15 is 0 Å². The molecule has 0 spiro atoms. The molecule has 78 valence electrons. The summed E-state index contributed by atoms with van der Waals surface area (Å²) in [5.41, 5.74) is 5.63. The van der Waals surface area contributed by atoms with E-state index in [9.17, 15) is 0 Å². The summed E-state index contributed by atoms with van der Waals surface area (Å²) in [7, 11) is 0. The van der Waals surface area contributed by atoms with Crippen LogP contribution < -0.4 is 5.73 Å². The Morgan fingerprint density at radius 3 is 1.46 bits per heavy atom. The van der Waals surface area contributed by atoms with Crippen LogP contribution in [0.1, 0.15) is 57.8 Å². The second-order valence-electron chi connectivity index (χ2n) is 4.34. The second kappa shape index (κ2) is 6.39. The average Bonchev–Trinajstić information content (AvgIpc) is 2.58. The maximum Gasteiger partial charge on any atom is 0.0540 e. The Balaban J connectivity index is 0.000000132. The first kappa shape index (κ1) is 11.0. The first-order valence-electron chi connectivity index (χ1n) is 5.72. The molecule has 2 rings (SSSR count). The van der Waals surface area contributed by atoms with E-state index in [1.165, 1.54) is 44.9 Å². The minimum Gasteiger partial charge on any atom is -0.393 e. The van der Waals surface area contributed by atoms with Gasteiger partial charge in [-0.25, -0.2) is 0 Å². The molecule has 0 amide bonds. The predicted octanol–water partition coefficient (Wildman–Crippen LogP) is 2.20. The zero-order chi connectivity index (χ0) is 9.52. The van der Waals surface area contributed by atoms with Crippen LogP contribution in [-0.2, 0) is 0 Å². The minimum atomic E-state index is 0.0463. The molecule has 3 N–H and O–H groups in total. The number of nitrogens with two attached hydrogens (primary N) is 1. The molecule has 0 bridgehead atoms. The van der Waals surface area contributed by atoms with E-state index in [1.807, 2.05) is 0 Å². The molecule has 0 aliphatic heterocycles. The highest BCUT2D eigenvalue weighted by Gasteiger charge is 2.09. The fraction of sp³-hybridized carbons (Fsp3) is 1.00. The largest absolute Gasteiger partial charge is 0.393 e. The van der Waals surface area contributed by atoms with Crippen molar-refractivity contribution >= 4 is 0 Å². The third kappa shape index (κ3) is 5.27. The highest BCUT2D eigenvalue weighted by atomic mass is 16.3. The Labute approximate surface area is 81.5 Å². The van der Waals surface area contributed by atoms with Crippen molar-refractivity contribution in [1.29, 1.82) is 0 Å². The van der Waals surface area contributed by atoms with Gasteiger partial charge in [0.25, 0.3) is 0 Å². The molecule has 2 nitrogen and oxygen atoms in total. The maximum atomic E-state index is 8.73. The molecule has 0 aromatic heterocycles. The van der Waals surface area contributed by atoms with Crippen molar-refractivity contribution in [3.05, 3.63) is 0 Å². The molecule has 0 aromatic carbocycles.